The van der Waals surface area contributed by atoms with Crippen LogP contribution in [0.15, 0.2) is 48.7 Å². The van der Waals surface area contributed by atoms with Gasteiger partial charge in [-0.05, 0) is 37.1 Å². The van der Waals surface area contributed by atoms with Crippen molar-refractivity contribution in [3.05, 3.63) is 60.0 Å². The Morgan fingerprint density at radius 2 is 2.00 bits per heavy atom. The molecule has 1 aliphatic heterocycles. The number of fused-ring (bicyclic) bond motifs is 1. The summed E-state index contributed by atoms with van der Waals surface area (Å²) in [5, 5.41) is 0. The van der Waals surface area contributed by atoms with E-state index in [1.807, 2.05) is 12.3 Å². The highest BCUT2D eigenvalue weighted by atomic mass is 15.3. The molecule has 2 aromatic heterocycles. The molecule has 1 fully saturated rings. The van der Waals surface area contributed by atoms with E-state index in [9.17, 15) is 0 Å². The van der Waals surface area contributed by atoms with Crippen LogP contribution in [0.3, 0.4) is 0 Å². The zero-order valence-corrected chi connectivity index (χ0v) is 13.5. The van der Waals surface area contributed by atoms with Crippen LogP contribution >= 0.6 is 0 Å². The van der Waals surface area contributed by atoms with Gasteiger partial charge in [-0.3, -0.25) is 9.47 Å². The van der Waals surface area contributed by atoms with E-state index < -0.39 is 0 Å². The van der Waals surface area contributed by atoms with Gasteiger partial charge in [0.05, 0.1) is 6.17 Å². The van der Waals surface area contributed by atoms with E-state index in [1.165, 1.54) is 24.9 Å². The van der Waals surface area contributed by atoms with Gasteiger partial charge in [-0.1, -0.05) is 37.3 Å². The molecule has 1 aliphatic rings. The van der Waals surface area contributed by atoms with Crippen LogP contribution in [-0.4, -0.2) is 32.5 Å². The molecule has 1 atom stereocenters. The van der Waals surface area contributed by atoms with Gasteiger partial charge in [0.2, 0.25) is 0 Å². The smallest absolute Gasteiger partial charge is 0.161 e. The minimum absolute atomic E-state index is 0.388. The minimum atomic E-state index is 0.388. The van der Waals surface area contributed by atoms with Gasteiger partial charge >= 0.3 is 0 Å². The monoisotopic (exact) mass is 306 g/mol. The van der Waals surface area contributed by atoms with E-state index in [0.717, 1.165) is 30.0 Å². The van der Waals surface area contributed by atoms with Crippen molar-refractivity contribution < 1.29 is 0 Å². The molecule has 4 heteroatoms. The predicted molar refractivity (Wildman–Crippen MR) is 92.3 cm³/mol. The lowest BCUT2D eigenvalue weighted by Gasteiger charge is -2.26. The van der Waals surface area contributed by atoms with Gasteiger partial charge in [-0.2, -0.15) is 0 Å². The van der Waals surface area contributed by atoms with Gasteiger partial charge < -0.3 is 0 Å². The Hall–Kier alpha value is -2.20. The second kappa shape index (κ2) is 6.13. The fourth-order valence-corrected chi connectivity index (χ4v) is 3.66. The molecule has 4 rings (SSSR count). The highest BCUT2D eigenvalue weighted by molar-refractivity contribution is 5.71. The van der Waals surface area contributed by atoms with Gasteiger partial charge in [-0.25, -0.2) is 9.97 Å². The third kappa shape index (κ3) is 2.63. The standard InChI is InChI=1S/C19H22N4/c1-2-22-13-7-11-18(22)23-17(14-15-8-4-3-5-9-15)21-16-10-6-12-20-19(16)23/h3-6,8-10,12,18H,2,7,11,13-14H2,1H3. The number of pyridine rings is 1. The number of benzene rings is 1. The lowest BCUT2D eigenvalue weighted by molar-refractivity contribution is 0.204. The first-order valence-corrected chi connectivity index (χ1v) is 8.46. The average molecular weight is 306 g/mol. The maximum absolute atomic E-state index is 4.90. The third-order valence-corrected chi connectivity index (χ3v) is 4.76. The number of aromatic nitrogens is 3. The number of hydrogen-bond donors (Lipinski definition) is 0. The normalized spacial score (nSPS) is 18.7. The van der Waals surface area contributed by atoms with Crippen LogP contribution in [0.4, 0.5) is 0 Å². The van der Waals surface area contributed by atoms with E-state index in [2.05, 4.69) is 57.8 Å². The first kappa shape index (κ1) is 14.4. The molecular weight excluding hydrogens is 284 g/mol. The zero-order chi connectivity index (χ0) is 15.6. The Labute approximate surface area is 136 Å². The number of rotatable bonds is 4. The van der Waals surface area contributed by atoms with Crippen molar-refractivity contribution in [2.75, 3.05) is 13.1 Å². The van der Waals surface area contributed by atoms with Gasteiger partial charge in [0.15, 0.2) is 5.65 Å². The van der Waals surface area contributed by atoms with Crippen LogP contribution in [0.25, 0.3) is 11.2 Å². The highest BCUT2D eigenvalue weighted by Crippen LogP contribution is 2.31. The SMILES string of the molecule is CCN1CCCC1n1c(Cc2ccccc2)nc2cccnc21. The molecule has 118 valence electrons. The Morgan fingerprint density at radius 1 is 1.13 bits per heavy atom. The summed E-state index contributed by atoms with van der Waals surface area (Å²) in [4.78, 5) is 12.1. The predicted octanol–water partition coefficient (Wildman–Crippen LogP) is 3.64. The summed E-state index contributed by atoms with van der Waals surface area (Å²) in [5.74, 6) is 1.12. The van der Waals surface area contributed by atoms with Crippen LogP contribution in [0.2, 0.25) is 0 Å². The van der Waals surface area contributed by atoms with Crippen molar-refractivity contribution in [3.8, 4) is 0 Å². The summed E-state index contributed by atoms with van der Waals surface area (Å²) in [6.45, 7) is 4.47. The van der Waals surface area contributed by atoms with Crippen molar-refractivity contribution in [3.63, 3.8) is 0 Å². The van der Waals surface area contributed by atoms with E-state index in [4.69, 9.17) is 4.98 Å². The number of imidazole rings is 1. The van der Waals surface area contributed by atoms with E-state index >= 15 is 0 Å². The summed E-state index contributed by atoms with van der Waals surface area (Å²) in [7, 11) is 0. The Kier molecular flexibility index (Phi) is 3.83. The molecule has 0 bridgehead atoms. The topological polar surface area (TPSA) is 34.0 Å². The summed E-state index contributed by atoms with van der Waals surface area (Å²) < 4.78 is 2.37. The van der Waals surface area contributed by atoms with Crippen molar-refractivity contribution >= 4 is 11.2 Å². The first-order chi connectivity index (χ1) is 11.4. The molecule has 1 unspecified atom stereocenters. The van der Waals surface area contributed by atoms with Crippen molar-refractivity contribution in [1.29, 1.82) is 0 Å². The van der Waals surface area contributed by atoms with E-state index in [1.54, 1.807) is 0 Å². The molecule has 3 heterocycles. The maximum Gasteiger partial charge on any atom is 0.161 e. The van der Waals surface area contributed by atoms with Crippen LogP contribution in [0.5, 0.6) is 0 Å². The number of hydrogen-bond acceptors (Lipinski definition) is 3. The lowest BCUT2D eigenvalue weighted by atomic mass is 10.1. The Bertz CT molecular complexity index is 793. The average Bonchev–Trinajstić information content (AvgIpc) is 3.18. The number of likely N-dealkylation sites (tertiary alicyclic amines) is 1. The molecule has 3 aromatic rings. The molecule has 0 spiro atoms. The highest BCUT2D eigenvalue weighted by Gasteiger charge is 2.28. The van der Waals surface area contributed by atoms with Crippen LogP contribution in [-0.2, 0) is 6.42 Å². The summed E-state index contributed by atoms with van der Waals surface area (Å²) >= 11 is 0. The molecule has 0 radical (unpaired) electrons. The van der Waals surface area contributed by atoms with Crippen LogP contribution < -0.4 is 0 Å². The Morgan fingerprint density at radius 3 is 2.83 bits per heavy atom. The molecule has 0 amide bonds. The van der Waals surface area contributed by atoms with Gasteiger partial charge in [-0.15, -0.1) is 0 Å². The molecule has 4 nitrogen and oxygen atoms in total. The third-order valence-electron chi connectivity index (χ3n) is 4.76. The maximum atomic E-state index is 4.90. The van der Waals surface area contributed by atoms with Gasteiger partial charge in [0.25, 0.3) is 0 Å². The Balaban J connectivity index is 1.81. The fourth-order valence-electron chi connectivity index (χ4n) is 3.66. The zero-order valence-electron chi connectivity index (χ0n) is 13.5. The molecule has 1 aromatic carbocycles. The van der Waals surface area contributed by atoms with Crippen LogP contribution in [0.1, 0.15) is 37.3 Å². The molecule has 23 heavy (non-hydrogen) atoms. The largest absolute Gasteiger partial charge is 0.296 e. The van der Waals surface area contributed by atoms with Crippen LogP contribution in [0, 0.1) is 0 Å². The summed E-state index contributed by atoms with van der Waals surface area (Å²) in [5.41, 5.74) is 3.32. The van der Waals surface area contributed by atoms with Gasteiger partial charge in [0, 0.05) is 19.2 Å². The van der Waals surface area contributed by atoms with Crippen molar-refractivity contribution in [1.82, 2.24) is 19.4 Å². The number of nitrogens with zero attached hydrogens (tertiary/aromatic N) is 4. The minimum Gasteiger partial charge on any atom is -0.296 e. The lowest BCUT2D eigenvalue weighted by Crippen LogP contribution is -2.28. The van der Waals surface area contributed by atoms with Gasteiger partial charge in [0.1, 0.15) is 11.3 Å². The summed E-state index contributed by atoms with van der Waals surface area (Å²) in [6.07, 6.45) is 5.54. The quantitative estimate of drug-likeness (QED) is 0.738. The molecule has 1 saturated heterocycles. The first-order valence-electron chi connectivity index (χ1n) is 8.46. The molecule has 0 N–H and O–H groups in total. The van der Waals surface area contributed by atoms with E-state index in [-0.39, 0.29) is 0 Å². The second-order valence-electron chi connectivity index (χ2n) is 6.16. The van der Waals surface area contributed by atoms with Crippen molar-refractivity contribution in [2.24, 2.45) is 0 Å². The molecule has 0 aliphatic carbocycles. The van der Waals surface area contributed by atoms with Crippen molar-refractivity contribution in [2.45, 2.75) is 32.4 Å². The fraction of sp³-hybridized carbons (Fsp3) is 0.368. The van der Waals surface area contributed by atoms with E-state index in [0.29, 0.717) is 6.17 Å². The molecule has 0 saturated carbocycles. The second-order valence-corrected chi connectivity index (χ2v) is 6.16. The summed E-state index contributed by atoms with van der Waals surface area (Å²) in [6, 6.07) is 14.6. The molecular formula is C19H22N4.